The fourth-order valence-corrected chi connectivity index (χ4v) is 2.48. The summed E-state index contributed by atoms with van der Waals surface area (Å²) in [5.74, 6) is 0.640. The summed E-state index contributed by atoms with van der Waals surface area (Å²) in [5, 5.41) is 0.796. The Labute approximate surface area is 102 Å². The number of benzene rings is 1. The molecule has 1 fully saturated rings. The Balaban J connectivity index is 2.00. The second-order valence-electron chi connectivity index (χ2n) is 4.54. The van der Waals surface area contributed by atoms with Gasteiger partial charge in [-0.2, -0.15) is 0 Å². The topological polar surface area (TPSA) is 29.3 Å². The van der Waals surface area contributed by atoms with Crippen LogP contribution in [0.4, 0.5) is 5.69 Å². The minimum atomic E-state index is 0.345. The maximum absolute atomic E-state index is 6.09. The molecule has 3 heteroatoms. The van der Waals surface area contributed by atoms with Crippen LogP contribution in [0.5, 0.6) is 0 Å². The molecule has 0 radical (unpaired) electrons. The first-order valence-electron chi connectivity index (χ1n) is 5.96. The highest BCUT2D eigenvalue weighted by Crippen LogP contribution is 2.26. The summed E-state index contributed by atoms with van der Waals surface area (Å²) in [4.78, 5) is 2.40. The molecule has 1 saturated heterocycles. The van der Waals surface area contributed by atoms with E-state index >= 15 is 0 Å². The lowest BCUT2D eigenvalue weighted by Gasteiger charge is -2.21. The number of halogens is 1. The van der Waals surface area contributed by atoms with Gasteiger partial charge in [-0.3, -0.25) is 0 Å². The lowest BCUT2D eigenvalue weighted by molar-refractivity contribution is 0.447. The first-order valence-corrected chi connectivity index (χ1v) is 6.34. The van der Waals surface area contributed by atoms with Gasteiger partial charge < -0.3 is 10.6 Å². The van der Waals surface area contributed by atoms with Gasteiger partial charge in [0.1, 0.15) is 0 Å². The third-order valence-corrected chi connectivity index (χ3v) is 3.75. The van der Waals surface area contributed by atoms with E-state index in [0.29, 0.717) is 12.0 Å². The van der Waals surface area contributed by atoms with Gasteiger partial charge in [0.15, 0.2) is 0 Å². The predicted molar refractivity (Wildman–Crippen MR) is 70.0 cm³/mol. The van der Waals surface area contributed by atoms with Crippen LogP contribution in [0.25, 0.3) is 0 Å². The van der Waals surface area contributed by atoms with Crippen molar-refractivity contribution in [1.29, 1.82) is 0 Å². The summed E-state index contributed by atoms with van der Waals surface area (Å²) in [7, 11) is 0. The summed E-state index contributed by atoms with van der Waals surface area (Å²) in [6.45, 7) is 4.35. The molecule has 2 nitrogen and oxygen atoms in total. The van der Waals surface area contributed by atoms with Crippen LogP contribution in [0.2, 0.25) is 5.02 Å². The Hall–Kier alpha value is -0.730. The summed E-state index contributed by atoms with van der Waals surface area (Å²) >= 11 is 5.88. The van der Waals surface area contributed by atoms with E-state index in [-0.39, 0.29) is 0 Å². The Morgan fingerprint density at radius 3 is 2.75 bits per heavy atom. The second-order valence-corrected chi connectivity index (χ2v) is 4.98. The van der Waals surface area contributed by atoms with Crippen molar-refractivity contribution < 1.29 is 0 Å². The summed E-state index contributed by atoms with van der Waals surface area (Å²) < 4.78 is 0. The average molecular weight is 239 g/mol. The number of hydrogen-bond acceptors (Lipinski definition) is 2. The molecule has 1 aromatic rings. The zero-order valence-electron chi connectivity index (χ0n) is 9.70. The molecule has 0 amide bonds. The molecular weight excluding hydrogens is 220 g/mol. The molecule has 2 atom stereocenters. The molecule has 1 aromatic carbocycles. The minimum absolute atomic E-state index is 0.345. The average Bonchev–Trinajstić information content (AvgIpc) is 2.78. The van der Waals surface area contributed by atoms with Gasteiger partial charge in [-0.05, 0) is 43.0 Å². The quantitative estimate of drug-likeness (QED) is 0.878. The molecule has 2 rings (SSSR count). The molecular formula is C13H19ClN2. The lowest BCUT2D eigenvalue weighted by Crippen LogP contribution is -2.31. The van der Waals surface area contributed by atoms with Crippen molar-refractivity contribution in [3.8, 4) is 0 Å². The normalized spacial score (nSPS) is 22.4. The van der Waals surface area contributed by atoms with Crippen LogP contribution in [0.15, 0.2) is 24.3 Å². The fraction of sp³-hybridized carbons (Fsp3) is 0.538. The van der Waals surface area contributed by atoms with Crippen molar-refractivity contribution in [2.45, 2.75) is 25.8 Å². The van der Waals surface area contributed by atoms with E-state index in [4.69, 9.17) is 17.3 Å². The van der Waals surface area contributed by atoms with E-state index in [2.05, 4.69) is 24.0 Å². The maximum Gasteiger partial charge on any atom is 0.0407 e. The highest BCUT2D eigenvalue weighted by Gasteiger charge is 2.26. The highest BCUT2D eigenvalue weighted by atomic mass is 35.5. The van der Waals surface area contributed by atoms with Crippen molar-refractivity contribution in [3.05, 3.63) is 29.3 Å². The van der Waals surface area contributed by atoms with Crippen molar-refractivity contribution >= 4 is 17.3 Å². The standard InChI is InChI=1S/C13H19ClN2/c1-2-13(15)10-7-8-16(9-10)12-5-3-11(14)4-6-12/h3-6,10,13H,2,7-9,15H2,1H3. The summed E-state index contributed by atoms with van der Waals surface area (Å²) in [5.41, 5.74) is 7.35. The van der Waals surface area contributed by atoms with Crippen LogP contribution in [-0.2, 0) is 0 Å². The van der Waals surface area contributed by atoms with Crippen molar-refractivity contribution in [1.82, 2.24) is 0 Å². The number of nitrogens with two attached hydrogens (primary N) is 1. The number of nitrogens with zero attached hydrogens (tertiary/aromatic N) is 1. The zero-order chi connectivity index (χ0) is 11.5. The van der Waals surface area contributed by atoms with E-state index in [1.165, 1.54) is 12.1 Å². The van der Waals surface area contributed by atoms with Gasteiger partial charge in [-0.25, -0.2) is 0 Å². The molecule has 2 N–H and O–H groups in total. The van der Waals surface area contributed by atoms with Crippen LogP contribution >= 0.6 is 11.6 Å². The second kappa shape index (κ2) is 5.07. The predicted octanol–water partition coefficient (Wildman–Crippen LogP) is 2.90. The molecule has 0 bridgehead atoms. The van der Waals surface area contributed by atoms with Crippen LogP contribution in [0.1, 0.15) is 19.8 Å². The van der Waals surface area contributed by atoms with E-state index < -0.39 is 0 Å². The van der Waals surface area contributed by atoms with E-state index in [0.717, 1.165) is 24.5 Å². The molecule has 2 unspecified atom stereocenters. The van der Waals surface area contributed by atoms with E-state index in [1.807, 2.05) is 12.1 Å². The van der Waals surface area contributed by atoms with Gasteiger partial charge in [0, 0.05) is 29.8 Å². The first-order chi connectivity index (χ1) is 7.70. The minimum Gasteiger partial charge on any atom is -0.371 e. The molecule has 0 saturated carbocycles. The van der Waals surface area contributed by atoms with Crippen LogP contribution < -0.4 is 10.6 Å². The third kappa shape index (κ3) is 2.50. The molecule has 0 aliphatic carbocycles. The molecule has 1 aliphatic rings. The third-order valence-electron chi connectivity index (χ3n) is 3.49. The van der Waals surface area contributed by atoms with E-state index in [1.54, 1.807) is 0 Å². The van der Waals surface area contributed by atoms with Gasteiger partial charge in [-0.1, -0.05) is 18.5 Å². The highest BCUT2D eigenvalue weighted by molar-refractivity contribution is 6.30. The van der Waals surface area contributed by atoms with Crippen molar-refractivity contribution in [2.24, 2.45) is 11.7 Å². The molecule has 1 heterocycles. The van der Waals surface area contributed by atoms with Crippen molar-refractivity contribution in [3.63, 3.8) is 0 Å². The van der Waals surface area contributed by atoms with Gasteiger partial charge >= 0.3 is 0 Å². The Bertz CT molecular complexity index is 336. The largest absolute Gasteiger partial charge is 0.371 e. The molecule has 0 aromatic heterocycles. The first kappa shape index (κ1) is 11.7. The van der Waals surface area contributed by atoms with E-state index in [9.17, 15) is 0 Å². The smallest absolute Gasteiger partial charge is 0.0407 e. The Morgan fingerprint density at radius 1 is 1.44 bits per heavy atom. The Kier molecular flexibility index (Phi) is 3.72. The molecule has 0 spiro atoms. The number of hydrogen-bond donors (Lipinski definition) is 1. The van der Waals surface area contributed by atoms with Gasteiger partial charge in [0.2, 0.25) is 0 Å². The fourth-order valence-electron chi connectivity index (χ4n) is 2.36. The SMILES string of the molecule is CCC(N)C1CCN(c2ccc(Cl)cc2)C1. The van der Waals surface area contributed by atoms with Gasteiger partial charge in [0.25, 0.3) is 0 Å². The molecule has 1 aliphatic heterocycles. The van der Waals surface area contributed by atoms with Crippen molar-refractivity contribution in [2.75, 3.05) is 18.0 Å². The summed E-state index contributed by atoms with van der Waals surface area (Å²) in [6, 6.07) is 8.41. The maximum atomic E-state index is 6.09. The molecule has 88 valence electrons. The number of rotatable bonds is 3. The van der Waals surface area contributed by atoms with Gasteiger partial charge in [0.05, 0.1) is 0 Å². The zero-order valence-corrected chi connectivity index (χ0v) is 10.5. The van der Waals surface area contributed by atoms with Crippen LogP contribution in [0.3, 0.4) is 0 Å². The van der Waals surface area contributed by atoms with Crippen LogP contribution in [0, 0.1) is 5.92 Å². The van der Waals surface area contributed by atoms with Gasteiger partial charge in [-0.15, -0.1) is 0 Å². The molecule has 16 heavy (non-hydrogen) atoms. The lowest BCUT2D eigenvalue weighted by atomic mass is 9.98. The van der Waals surface area contributed by atoms with Crippen LogP contribution in [-0.4, -0.2) is 19.1 Å². The Morgan fingerprint density at radius 2 is 2.12 bits per heavy atom. The summed E-state index contributed by atoms with van der Waals surface area (Å²) in [6.07, 6.45) is 2.27. The number of anilines is 1. The monoisotopic (exact) mass is 238 g/mol.